The molecule has 0 aliphatic heterocycles. The van der Waals surface area contributed by atoms with Crippen molar-refractivity contribution in [2.24, 2.45) is 0 Å². The highest BCUT2D eigenvalue weighted by molar-refractivity contribution is 5.56. The Morgan fingerprint density at radius 2 is 2.11 bits per heavy atom. The number of nitro groups is 1. The Labute approximate surface area is 106 Å². The molecule has 0 fully saturated rings. The number of nitrogens with one attached hydrogen (secondary N) is 2. The predicted octanol–water partition coefficient (Wildman–Crippen LogP) is 2.01. The Hall–Kier alpha value is -1.82. The van der Waals surface area contributed by atoms with E-state index in [2.05, 4.69) is 17.6 Å². The molecule has 0 aromatic heterocycles. The number of rotatable bonds is 8. The highest BCUT2D eigenvalue weighted by Gasteiger charge is 2.09. The first-order chi connectivity index (χ1) is 8.67. The number of non-ortho nitro benzene ring substituents is 1. The highest BCUT2D eigenvalue weighted by atomic mass is 16.6. The van der Waals surface area contributed by atoms with Gasteiger partial charge < -0.3 is 15.4 Å². The van der Waals surface area contributed by atoms with Crippen molar-refractivity contribution in [3.05, 3.63) is 28.3 Å². The van der Waals surface area contributed by atoms with Crippen LogP contribution in [-0.2, 0) is 0 Å². The Kier molecular flexibility index (Phi) is 5.93. The zero-order chi connectivity index (χ0) is 13.4. The standard InChI is InChI=1S/C12H19N3O3/c1-3-13-5-4-6-14-10-7-11(15(16)17)9-12(8-10)18-2/h7-9,13-14H,3-6H2,1-2H3. The van der Waals surface area contributed by atoms with Crippen molar-refractivity contribution in [1.82, 2.24) is 5.32 Å². The van der Waals surface area contributed by atoms with Crippen molar-refractivity contribution in [2.45, 2.75) is 13.3 Å². The van der Waals surface area contributed by atoms with Crippen LogP contribution >= 0.6 is 0 Å². The van der Waals surface area contributed by atoms with Crippen molar-refractivity contribution in [2.75, 3.05) is 32.1 Å². The summed E-state index contributed by atoms with van der Waals surface area (Å²) in [5, 5.41) is 17.1. The molecule has 0 atom stereocenters. The third-order valence-corrected chi connectivity index (χ3v) is 2.45. The maximum absolute atomic E-state index is 10.7. The predicted molar refractivity (Wildman–Crippen MR) is 71.3 cm³/mol. The number of nitro benzene ring substituents is 1. The van der Waals surface area contributed by atoms with E-state index in [0.29, 0.717) is 11.4 Å². The monoisotopic (exact) mass is 253 g/mol. The first kappa shape index (κ1) is 14.2. The fraction of sp³-hybridized carbons (Fsp3) is 0.500. The molecule has 0 aliphatic carbocycles. The number of methoxy groups -OCH3 is 1. The van der Waals surface area contributed by atoms with Crippen LogP contribution in [0.15, 0.2) is 18.2 Å². The van der Waals surface area contributed by atoms with E-state index in [-0.39, 0.29) is 5.69 Å². The van der Waals surface area contributed by atoms with Crippen LogP contribution in [0.1, 0.15) is 13.3 Å². The molecule has 6 heteroatoms. The van der Waals surface area contributed by atoms with E-state index < -0.39 is 4.92 Å². The molecule has 0 aliphatic rings. The van der Waals surface area contributed by atoms with E-state index >= 15 is 0 Å². The molecule has 6 nitrogen and oxygen atoms in total. The van der Waals surface area contributed by atoms with Gasteiger partial charge in [0.25, 0.3) is 5.69 Å². The van der Waals surface area contributed by atoms with Gasteiger partial charge in [0.05, 0.1) is 18.1 Å². The topological polar surface area (TPSA) is 76.4 Å². The van der Waals surface area contributed by atoms with Gasteiger partial charge in [-0.1, -0.05) is 6.92 Å². The number of hydrogen-bond donors (Lipinski definition) is 2. The van der Waals surface area contributed by atoms with Gasteiger partial charge >= 0.3 is 0 Å². The molecule has 2 N–H and O–H groups in total. The first-order valence-electron chi connectivity index (χ1n) is 5.95. The molecule has 1 rings (SSSR count). The van der Waals surface area contributed by atoms with Gasteiger partial charge in [-0.3, -0.25) is 10.1 Å². The number of nitrogens with zero attached hydrogens (tertiary/aromatic N) is 1. The Morgan fingerprint density at radius 1 is 1.33 bits per heavy atom. The van der Waals surface area contributed by atoms with E-state index in [9.17, 15) is 10.1 Å². The number of anilines is 1. The molecule has 0 bridgehead atoms. The van der Waals surface area contributed by atoms with Gasteiger partial charge in [0.1, 0.15) is 5.75 Å². The van der Waals surface area contributed by atoms with Crippen LogP contribution in [-0.4, -0.2) is 31.7 Å². The summed E-state index contributed by atoms with van der Waals surface area (Å²) in [5.41, 5.74) is 0.737. The Balaban J connectivity index is 2.58. The maximum atomic E-state index is 10.7. The molecule has 0 amide bonds. The van der Waals surface area contributed by atoms with Crippen molar-refractivity contribution < 1.29 is 9.66 Å². The second-order valence-corrected chi connectivity index (χ2v) is 3.81. The lowest BCUT2D eigenvalue weighted by atomic mass is 10.2. The molecule has 0 unspecified atom stereocenters. The third kappa shape index (κ3) is 4.58. The Morgan fingerprint density at radius 3 is 2.72 bits per heavy atom. The molecule has 0 radical (unpaired) electrons. The fourth-order valence-corrected chi connectivity index (χ4v) is 1.53. The zero-order valence-corrected chi connectivity index (χ0v) is 10.7. The lowest BCUT2D eigenvalue weighted by Crippen LogP contribution is -2.17. The van der Waals surface area contributed by atoms with Gasteiger partial charge in [0.2, 0.25) is 0 Å². The van der Waals surface area contributed by atoms with E-state index in [1.165, 1.54) is 19.2 Å². The van der Waals surface area contributed by atoms with E-state index in [0.717, 1.165) is 26.1 Å². The molecule has 18 heavy (non-hydrogen) atoms. The minimum atomic E-state index is -0.424. The van der Waals surface area contributed by atoms with Crippen molar-refractivity contribution in [3.8, 4) is 5.75 Å². The summed E-state index contributed by atoms with van der Waals surface area (Å²) in [4.78, 5) is 10.3. The average molecular weight is 253 g/mol. The molecular weight excluding hydrogens is 234 g/mol. The van der Waals surface area contributed by atoms with Gasteiger partial charge in [-0.15, -0.1) is 0 Å². The lowest BCUT2D eigenvalue weighted by molar-refractivity contribution is -0.384. The quantitative estimate of drug-likeness (QED) is 0.421. The summed E-state index contributed by atoms with van der Waals surface area (Å²) < 4.78 is 5.03. The number of benzene rings is 1. The van der Waals surface area contributed by atoms with E-state index in [1.807, 2.05) is 0 Å². The van der Waals surface area contributed by atoms with Crippen LogP contribution in [0, 0.1) is 10.1 Å². The second-order valence-electron chi connectivity index (χ2n) is 3.81. The van der Waals surface area contributed by atoms with Crippen LogP contribution in [0.2, 0.25) is 0 Å². The minimum Gasteiger partial charge on any atom is -0.496 e. The maximum Gasteiger partial charge on any atom is 0.275 e. The average Bonchev–Trinajstić information content (AvgIpc) is 2.38. The molecule has 1 aromatic rings. The number of hydrogen-bond acceptors (Lipinski definition) is 5. The van der Waals surface area contributed by atoms with E-state index in [1.54, 1.807) is 6.07 Å². The van der Waals surface area contributed by atoms with Crippen LogP contribution in [0.5, 0.6) is 5.75 Å². The van der Waals surface area contributed by atoms with Crippen molar-refractivity contribution in [1.29, 1.82) is 0 Å². The van der Waals surface area contributed by atoms with Gasteiger partial charge in [-0.05, 0) is 19.5 Å². The van der Waals surface area contributed by atoms with Crippen LogP contribution in [0.25, 0.3) is 0 Å². The van der Waals surface area contributed by atoms with E-state index in [4.69, 9.17) is 4.74 Å². The van der Waals surface area contributed by atoms with Crippen LogP contribution < -0.4 is 15.4 Å². The molecule has 0 saturated carbocycles. The molecule has 0 saturated heterocycles. The molecule has 100 valence electrons. The van der Waals surface area contributed by atoms with Gasteiger partial charge in [0, 0.05) is 24.4 Å². The smallest absolute Gasteiger partial charge is 0.275 e. The zero-order valence-electron chi connectivity index (χ0n) is 10.7. The second kappa shape index (κ2) is 7.50. The first-order valence-corrected chi connectivity index (χ1v) is 5.95. The normalized spacial score (nSPS) is 10.1. The van der Waals surface area contributed by atoms with Gasteiger partial charge in [0.15, 0.2) is 0 Å². The van der Waals surface area contributed by atoms with Crippen LogP contribution in [0.4, 0.5) is 11.4 Å². The highest BCUT2D eigenvalue weighted by Crippen LogP contribution is 2.25. The summed E-state index contributed by atoms with van der Waals surface area (Å²) >= 11 is 0. The number of ether oxygens (including phenoxy) is 1. The van der Waals surface area contributed by atoms with Crippen LogP contribution in [0.3, 0.4) is 0 Å². The summed E-state index contributed by atoms with van der Waals surface area (Å²) in [6.07, 6.45) is 0.957. The molecule has 1 aromatic carbocycles. The van der Waals surface area contributed by atoms with Gasteiger partial charge in [-0.25, -0.2) is 0 Å². The summed E-state index contributed by atoms with van der Waals surface area (Å²) in [5.74, 6) is 0.485. The lowest BCUT2D eigenvalue weighted by Gasteiger charge is -2.08. The minimum absolute atomic E-state index is 0.0310. The molecular formula is C12H19N3O3. The SMILES string of the molecule is CCNCCCNc1cc(OC)cc([N+](=O)[O-])c1. The third-order valence-electron chi connectivity index (χ3n) is 2.45. The van der Waals surface area contributed by atoms with Crippen molar-refractivity contribution >= 4 is 11.4 Å². The summed E-state index contributed by atoms with van der Waals surface area (Å²) in [6.45, 7) is 4.69. The summed E-state index contributed by atoms with van der Waals surface area (Å²) in [6, 6.07) is 4.67. The van der Waals surface area contributed by atoms with Gasteiger partial charge in [-0.2, -0.15) is 0 Å². The summed E-state index contributed by atoms with van der Waals surface area (Å²) in [7, 11) is 1.49. The largest absolute Gasteiger partial charge is 0.496 e. The molecule has 0 spiro atoms. The van der Waals surface area contributed by atoms with Crippen molar-refractivity contribution in [3.63, 3.8) is 0 Å². The Bertz CT molecular complexity index is 396. The fourth-order valence-electron chi connectivity index (χ4n) is 1.53. The molecule has 0 heterocycles.